The molecule has 1 fully saturated rings. The smallest absolute Gasteiger partial charge is 0.317 e. The number of amides is 2. The molecular formula is C8H14N2O3. The summed E-state index contributed by atoms with van der Waals surface area (Å²) in [6.45, 7) is 1.09. The van der Waals surface area contributed by atoms with Crippen LogP contribution in [-0.4, -0.2) is 44.1 Å². The van der Waals surface area contributed by atoms with Gasteiger partial charge < -0.3 is 15.0 Å². The van der Waals surface area contributed by atoms with E-state index < -0.39 is 0 Å². The monoisotopic (exact) mass is 186 g/mol. The van der Waals surface area contributed by atoms with E-state index >= 15 is 0 Å². The topological polar surface area (TPSA) is 58.6 Å². The van der Waals surface area contributed by atoms with Crippen molar-refractivity contribution in [1.29, 1.82) is 0 Å². The van der Waals surface area contributed by atoms with Crippen molar-refractivity contribution in [2.45, 2.75) is 6.42 Å². The van der Waals surface area contributed by atoms with Crippen LogP contribution in [0.1, 0.15) is 6.42 Å². The van der Waals surface area contributed by atoms with Gasteiger partial charge in [-0.3, -0.25) is 4.79 Å². The summed E-state index contributed by atoms with van der Waals surface area (Å²) in [6.07, 6.45) is 0.695. The highest BCUT2D eigenvalue weighted by Crippen LogP contribution is 2.16. The van der Waals surface area contributed by atoms with Crippen molar-refractivity contribution in [3.63, 3.8) is 0 Å². The fourth-order valence-corrected chi connectivity index (χ4v) is 1.46. The number of hydrogen-bond acceptors (Lipinski definition) is 3. The van der Waals surface area contributed by atoms with Gasteiger partial charge in [0.1, 0.15) is 0 Å². The average Bonchev–Trinajstić information content (AvgIpc) is 2.64. The molecule has 1 heterocycles. The van der Waals surface area contributed by atoms with E-state index in [2.05, 4.69) is 10.1 Å². The second kappa shape index (κ2) is 4.11. The minimum Gasteiger partial charge on any atom is -0.469 e. The van der Waals surface area contributed by atoms with Crippen LogP contribution in [0.2, 0.25) is 0 Å². The normalized spacial score (nSPS) is 21.4. The standard InChI is InChI=1S/C8H14N2O3/c1-9-8(12)10-4-3-6(5-10)7(11)13-2/h6H,3-5H2,1-2H3,(H,9,12). The maximum absolute atomic E-state index is 11.1. The number of nitrogens with one attached hydrogen (secondary N) is 1. The Balaban J connectivity index is 2.44. The van der Waals surface area contributed by atoms with Crippen LogP contribution in [0, 0.1) is 5.92 Å². The molecule has 13 heavy (non-hydrogen) atoms. The zero-order valence-corrected chi connectivity index (χ0v) is 7.87. The number of carbonyl (C=O) groups excluding carboxylic acids is 2. The molecule has 5 nitrogen and oxygen atoms in total. The first kappa shape index (κ1) is 9.83. The molecular weight excluding hydrogens is 172 g/mol. The fraction of sp³-hybridized carbons (Fsp3) is 0.750. The van der Waals surface area contributed by atoms with Gasteiger partial charge in [0, 0.05) is 20.1 Å². The number of ether oxygens (including phenoxy) is 1. The quantitative estimate of drug-likeness (QED) is 0.578. The molecule has 0 spiro atoms. The lowest BCUT2D eigenvalue weighted by molar-refractivity contribution is -0.144. The van der Waals surface area contributed by atoms with Crippen molar-refractivity contribution in [2.75, 3.05) is 27.2 Å². The first-order valence-electron chi connectivity index (χ1n) is 4.23. The van der Waals surface area contributed by atoms with Gasteiger partial charge in [0.05, 0.1) is 13.0 Å². The molecule has 1 N–H and O–H groups in total. The summed E-state index contributed by atoms with van der Waals surface area (Å²) in [5.74, 6) is -0.381. The van der Waals surface area contributed by atoms with Gasteiger partial charge in [0.25, 0.3) is 0 Å². The summed E-state index contributed by atoms with van der Waals surface area (Å²) in [6, 6.07) is -0.133. The number of hydrogen-bond donors (Lipinski definition) is 1. The molecule has 0 bridgehead atoms. The van der Waals surface area contributed by atoms with Crippen LogP contribution in [0.3, 0.4) is 0 Å². The molecule has 1 rings (SSSR count). The summed E-state index contributed by atoms with van der Waals surface area (Å²) in [5.41, 5.74) is 0. The van der Waals surface area contributed by atoms with Crippen molar-refractivity contribution < 1.29 is 14.3 Å². The van der Waals surface area contributed by atoms with E-state index in [0.717, 1.165) is 0 Å². The Hall–Kier alpha value is -1.26. The van der Waals surface area contributed by atoms with Crippen molar-refractivity contribution in [3.8, 4) is 0 Å². The maximum Gasteiger partial charge on any atom is 0.317 e. The van der Waals surface area contributed by atoms with Gasteiger partial charge in [-0.2, -0.15) is 0 Å². The third-order valence-electron chi connectivity index (χ3n) is 2.22. The zero-order valence-electron chi connectivity index (χ0n) is 7.87. The first-order chi connectivity index (χ1) is 6.19. The molecule has 0 aromatic rings. The summed E-state index contributed by atoms with van der Waals surface area (Å²) in [5, 5.41) is 2.52. The molecule has 1 aliphatic rings. The molecule has 74 valence electrons. The predicted molar refractivity (Wildman–Crippen MR) is 46.2 cm³/mol. The van der Waals surface area contributed by atoms with Crippen molar-refractivity contribution in [1.82, 2.24) is 10.2 Å². The van der Waals surface area contributed by atoms with Crippen LogP contribution in [0.15, 0.2) is 0 Å². The highest BCUT2D eigenvalue weighted by Gasteiger charge is 2.31. The molecule has 1 saturated heterocycles. The van der Waals surface area contributed by atoms with Gasteiger partial charge in [-0.05, 0) is 6.42 Å². The molecule has 1 aliphatic heterocycles. The summed E-state index contributed by atoms with van der Waals surface area (Å²) in [4.78, 5) is 23.8. The minimum absolute atomic E-state index is 0.133. The van der Waals surface area contributed by atoms with E-state index in [1.165, 1.54) is 7.11 Å². The van der Waals surface area contributed by atoms with Crippen molar-refractivity contribution in [2.24, 2.45) is 5.92 Å². The summed E-state index contributed by atoms with van der Waals surface area (Å²) >= 11 is 0. The average molecular weight is 186 g/mol. The predicted octanol–water partition coefficient (Wildman–Crippen LogP) is -0.179. The Bertz CT molecular complexity index is 195. The first-order valence-corrected chi connectivity index (χ1v) is 4.23. The Morgan fingerprint density at radius 1 is 1.54 bits per heavy atom. The van der Waals surface area contributed by atoms with Crippen molar-refractivity contribution in [3.05, 3.63) is 0 Å². The van der Waals surface area contributed by atoms with E-state index in [4.69, 9.17) is 0 Å². The van der Waals surface area contributed by atoms with E-state index in [9.17, 15) is 9.59 Å². The fourth-order valence-electron chi connectivity index (χ4n) is 1.46. The third kappa shape index (κ3) is 2.11. The van der Waals surface area contributed by atoms with Gasteiger partial charge in [0.2, 0.25) is 0 Å². The maximum atomic E-state index is 11.1. The van der Waals surface area contributed by atoms with Crippen LogP contribution >= 0.6 is 0 Å². The molecule has 0 aromatic carbocycles. The van der Waals surface area contributed by atoms with E-state index in [-0.39, 0.29) is 17.9 Å². The highest BCUT2D eigenvalue weighted by atomic mass is 16.5. The second-order valence-corrected chi connectivity index (χ2v) is 3.01. The molecule has 5 heteroatoms. The highest BCUT2D eigenvalue weighted by molar-refractivity contribution is 5.77. The minimum atomic E-state index is -0.230. The number of methoxy groups -OCH3 is 1. The summed E-state index contributed by atoms with van der Waals surface area (Å²) < 4.78 is 4.60. The second-order valence-electron chi connectivity index (χ2n) is 3.01. The third-order valence-corrected chi connectivity index (χ3v) is 2.22. The number of nitrogens with zero attached hydrogens (tertiary/aromatic N) is 1. The van der Waals surface area contributed by atoms with Gasteiger partial charge in [0.15, 0.2) is 0 Å². The molecule has 0 aliphatic carbocycles. The molecule has 1 atom stereocenters. The largest absolute Gasteiger partial charge is 0.469 e. The Morgan fingerprint density at radius 3 is 2.77 bits per heavy atom. The molecule has 0 radical (unpaired) electrons. The molecule has 1 unspecified atom stereocenters. The Morgan fingerprint density at radius 2 is 2.23 bits per heavy atom. The number of esters is 1. The van der Waals surface area contributed by atoms with Crippen LogP contribution in [-0.2, 0) is 9.53 Å². The SMILES string of the molecule is CNC(=O)N1CCC(C(=O)OC)C1. The van der Waals surface area contributed by atoms with Gasteiger partial charge in [-0.1, -0.05) is 0 Å². The Labute approximate surface area is 77.0 Å². The van der Waals surface area contributed by atoms with Crippen LogP contribution in [0.5, 0.6) is 0 Å². The Kier molecular flexibility index (Phi) is 3.11. The van der Waals surface area contributed by atoms with Gasteiger partial charge in [-0.15, -0.1) is 0 Å². The van der Waals surface area contributed by atoms with Crippen LogP contribution in [0.25, 0.3) is 0 Å². The summed E-state index contributed by atoms with van der Waals surface area (Å²) in [7, 11) is 2.94. The van der Waals surface area contributed by atoms with Crippen LogP contribution < -0.4 is 5.32 Å². The molecule has 0 saturated carbocycles. The molecule has 2 amide bonds. The lowest BCUT2D eigenvalue weighted by Crippen LogP contribution is -2.36. The zero-order chi connectivity index (χ0) is 9.84. The number of carbonyl (C=O) groups is 2. The molecule has 0 aromatic heterocycles. The number of likely N-dealkylation sites (tertiary alicyclic amines) is 1. The van der Waals surface area contributed by atoms with Gasteiger partial charge in [-0.25, -0.2) is 4.79 Å². The van der Waals surface area contributed by atoms with E-state index in [1.54, 1.807) is 11.9 Å². The van der Waals surface area contributed by atoms with Crippen molar-refractivity contribution >= 4 is 12.0 Å². The van der Waals surface area contributed by atoms with Crippen LogP contribution in [0.4, 0.5) is 4.79 Å². The number of urea groups is 1. The van der Waals surface area contributed by atoms with E-state index in [1.807, 2.05) is 0 Å². The lowest BCUT2D eigenvalue weighted by Gasteiger charge is -2.14. The number of rotatable bonds is 1. The van der Waals surface area contributed by atoms with E-state index in [0.29, 0.717) is 19.5 Å². The van der Waals surface area contributed by atoms with Gasteiger partial charge >= 0.3 is 12.0 Å². The lowest BCUT2D eigenvalue weighted by atomic mass is 10.1.